The van der Waals surface area contributed by atoms with Gasteiger partial charge in [-0.1, -0.05) is 43.4 Å². The molecule has 0 atom stereocenters. The van der Waals surface area contributed by atoms with E-state index in [0.29, 0.717) is 24.8 Å². The zero-order valence-electron chi connectivity index (χ0n) is 21.4. The van der Waals surface area contributed by atoms with Crippen molar-refractivity contribution in [1.82, 2.24) is 29.5 Å². The summed E-state index contributed by atoms with van der Waals surface area (Å²) in [7, 11) is 0. The second kappa shape index (κ2) is 9.50. The lowest BCUT2D eigenvalue weighted by atomic mass is 9.95. The van der Waals surface area contributed by atoms with Gasteiger partial charge in [-0.25, -0.2) is 14.5 Å². The smallest absolute Gasteiger partial charge is 0.253 e. The number of amides is 1. The van der Waals surface area contributed by atoms with Gasteiger partial charge in [-0.15, -0.1) is 0 Å². The van der Waals surface area contributed by atoms with Crippen LogP contribution < -0.4 is 5.73 Å². The van der Waals surface area contributed by atoms with Gasteiger partial charge in [0.1, 0.15) is 23.4 Å². The number of H-pyrrole nitrogens is 1. The van der Waals surface area contributed by atoms with Crippen molar-refractivity contribution < 1.29 is 4.79 Å². The quantitative estimate of drug-likeness (QED) is 0.277. The molecule has 2 aliphatic rings. The van der Waals surface area contributed by atoms with E-state index in [1.807, 2.05) is 34.6 Å². The molecule has 1 aliphatic heterocycles. The van der Waals surface area contributed by atoms with E-state index >= 15 is 0 Å². The Labute approximate surface area is 216 Å². The maximum Gasteiger partial charge on any atom is 0.253 e. The monoisotopic (exact) mass is 495 g/mol. The maximum absolute atomic E-state index is 13.0. The number of anilines is 1. The second-order valence-corrected chi connectivity index (χ2v) is 10.1. The third-order valence-electron chi connectivity index (χ3n) is 7.69. The van der Waals surface area contributed by atoms with Crippen molar-refractivity contribution in [3.05, 3.63) is 65.8 Å². The van der Waals surface area contributed by atoms with Crippen LogP contribution in [0, 0.1) is 0 Å². The molecule has 1 saturated heterocycles. The van der Waals surface area contributed by atoms with E-state index in [1.165, 1.54) is 35.6 Å². The topological polar surface area (TPSA) is 105 Å². The predicted octanol–water partition coefficient (Wildman–Crippen LogP) is 5.35. The number of benzene rings is 1. The van der Waals surface area contributed by atoms with E-state index in [9.17, 15) is 4.79 Å². The number of hydrogen-bond donors (Lipinski definition) is 2. The fraction of sp³-hybridized carbons (Fsp3) is 0.379. The van der Waals surface area contributed by atoms with Gasteiger partial charge in [0.15, 0.2) is 5.82 Å². The minimum absolute atomic E-state index is 0.0930. The molecule has 8 nitrogen and oxygen atoms in total. The molecule has 1 saturated carbocycles. The Kier molecular flexibility index (Phi) is 6.02. The summed E-state index contributed by atoms with van der Waals surface area (Å²) in [5.41, 5.74) is 12.1. The lowest BCUT2D eigenvalue weighted by Gasteiger charge is -2.31. The number of nitrogens with one attached hydrogen (secondary N) is 1. The second-order valence-electron chi connectivity index (χ2n) is 10.1. The summed E-state index contributed by atoms with van der Waals surface area (Å²) in [5, 5.41) is 5.73. The minimum atomic E-state index is 0.0930. The highest BCUT2D eigenvalue weighted by molar-refractivity contribution is 5.96. The van der Waals surface area contributed by atoms with E-state index in [4.69, 9.17) is 10.7 Å². The molecule has 2 fully saturated rings. The summed E-state index contributed by atoms with van der Waals surface area (Å²) in [6.07, 6.45) is 12.4. The Balaban J connectivity index is 1.32. The van der Waals surface area contributed by atoms with Gasteiger partial charge in [0.05, 0.1) is 5.69 Å². The number of carbonyl (C=O) groups excluding carboxylic acids is 1. The predicted molar refractivity (Wildman–Crippen MR) is 146 cm³/mol. The first kappa shape index (κ1) is 23.5. The first-order valence-corrected chi connectivity index (χ1v) is 13.3. The molecule has 1 aliphatic carbocycles. The fourth-order valence-electron chi connectivity index (χ4n) is 5.53. The van der Waals surface area contributed by atoms with E-state index in [1.54, 1.807) is 0 Å². The molecule has 6 rings (SSSR count). The van der Waals surface area contributed by atoms with Crippen molar-refractivity contribution >= 4 is 28.1 Å². The Morgan fingerprint density at radius 3 is 2.73 bits per heavy atom. The van der Waals surface area contributed by atoms with Gasteiger partial charge >= 0.3 is 0 Å². The highest BCUT2D eigenvalue weighted by Crippen LogP contribution is 2.44. The van der Waals surface area contributed by atoms with Crippen LogP contribution in [0.1, 0.15) is 69.2 Å². The summed E-state index contributed by atoms with van der Waals surface area (Å²) in [5.74, 6) is 2.20. The van der Waals surface area contributed by atoms with Crippen molar-refractivity contribution in [2.75, 3.05) is 18.8 Å². The molecule has 0 radical (unpaired) electrons. The number of nitrogens with zero attached hydrogens (tertiary/aromatic N) is 5. The number of piperidine rings is 1. The van der Waals surface area contributed by atoms with Gasteiger partial charge in [-0.3, -0.25) is 4.79 Å². The largest absolute Gasteiger partial charge is 0.382 e. The van der Waals surface area contributed by atoms with Crippen LogP contribution in [0.25, 0.3) is 27.8 Å². The lowest BCUT2D eigenvalue weighted by molar-refractivity contribution is -0.127. The van der Waals surface area contributed by atoms with Crippen molar-refractivity contribution in [3.63, 3.8) is 0 Å². The van der Waals surface area contributed by atoms with Gasteiger partial charge in [-0.2, -0.15) is 5.10 Å². The Morgan fingerprint density at radius 1 is 1.19 bits per heavy atom. The molecule has 3 N–H and O–H groups in total. The van der Waals surface area contributed by atoms with Gasteiger partial charge in [0.25, 0.3) is 5.91 Å². The first-order valence-electron chi connectivity index (χ1n) is 13.3. The number of carbonyl (C=O) groups is 1. The number of aromatic amines is 1. The number of imidazole rings is 1. The zero-order valence-corrected chi connectivity index (χ0v) is 21.4. The maximum atomic E-state index is 13.0. The van der Waals surface area contributed by atoms with Gasteiger partial charge in [0, 0.05) is 35.5 Å². The number of nitrogen functional groups attached to an aromatic ring is 1. The summed E-state index contributed by atoms with van der Waals surface area (Å²) in [6.45, 7) is 5.35. The summed E-state index contributed by atoms with van der Waals surface area (Å²) < 4.78 is 1.86. The lowest BCUT2D eigenvalue weighted by Crippen LogP contribution is -2.38. The van der Waals surface area contributed by atoms with Crippen LogP contribution in [0.15, 0.2) is 54.4 Å². The Morgan fingerprint density at radius 2 is 2.00 bits per heavy atom. The number of likely N-dealkylation sites (tertiary alicyclic amines) is 1. The molecule has 3 aromatic heterocycles. The normalized spacial score (nSPS) is 17.5. The van der Waals surface area contributed by atoms with Crippen LogP contribution in [0.4, 0.5) is 5.82 Å². The summed E-state index contributed by atoms with van der Waals surface area (Å²) in [6, 6.07) is 8.65. The number of rotatable bonds is 6. The average Bonchev–Trinajstić information content (AvgIpc) is 3.55. The number of allylic oxidation sites excluding steroid dienone is 2. The first-order chi connectivity index (χ1) is 18.1. The van der Waals surface area contributed by atoms with Crippen LogP contribution in [0.3, 0.4) is 0 Å². The van der Waals surface area contributed by atoms with Crippen molar-refractivity contribution in [2.24, 2.45) is 0 Å². The van der Waals surface area contributed by atoms with Gasteiger partial charge < -0.3 is 15.6 Å². The molecule has 0 bridgehead atoms. The van der Waals surface area contributed by atoms with Crippen LogP contribution in [0.5, 0.6) is 0 Å². The van der Waals surface area contributed by atoms with E-state index in [-0.39, 0.29) is 11.8 Å². The molecule has 1 aromatic carbocycles. The Bertz CT molecular complexity index is 1530. The zero-order chi connectivity index (χ0) is 25.5. The molecule has 0 unspecified atom stereocenters. The van der Waals surface area contributed by atoms with E-state index in [2.05, 4.69) is 46.3 Å². The van der Waals surface area contributed by atoms with Crippen molar-refractivity contribution in [1.29, 1.82) is 0 Å². The SMILES string of the molecule is C/C=C(\C=C/CC)C(=O)N1CCC(c2nc(-c3cc4cccc(C5CC5)c4[nH]3)c3c(N)ncnn23)CC1. The third-order valence-corrected chi connectivity index (χ3v) is 7.69. The molecule has 1 amide bonds. The standard InChI is InChI=1S/C29H33N7O/c1-3-5-7-18(4-2)29(37)35-14-12-20(13-15-35)28-34-25(26-27(30)31-17-32-36(26)28)23-16-21-8-6-9-22(19-10-11-19)24(21)33-23/h4-9,16-17,19-20,33H,3,10-15H2,1-2H3,(H2,30,31,32)/b7-5-,18-4+. The number of fused-ring (bicyclic) bond motifs is 2. The summed E-state index contributed by atoms with van der Waals surface area (Å²) in [4.78, 5) is 28.0. The number of hydrogen-bond acceptors (Lipinski definition) is 5. The third kappa shape index (κ3) is 4.20. The highest BCUT2D eigenvalue weighted by atomic mass is 16.2. The van der Waals surface area contributed by atoms with Crippen molar-refractivity contribution in [3.8, 4) is 11.4 Å². The van der Waals surface area contributed by atoms with E-state index < -0.39 is 0 Å². The molecule has 8 heteroatoms. The van der Waals surface area contributed by atoms with E-state index in [0.717, 1.165) is 47.6 Å². The molecule has 190 valence electrons. The molecule has 0 spiro atoms. The van der Waals surface area contributed by atoms with Crippen LogP contribution >= 0.6 is 0 Å². The van der Waals surface area contributed by atoms with Crippen molar-refractivity contribution in [2.45, 2.75) is 57.8 Å². The number of aromatic nitrogens is 5. The van der Waals surface area contributed by atoms with Crippen LogP contribution in [0.2, 0.25) is 0 Å². The number of para-hydroxylation sites is 1. The highest BCUT2D eigenvalue weighted by Gasteiger charge is 2.30. The Hall–Kier alpha value is -3.94. The molecule has 37 heavy (non-hydrogen) atoms. The van der Waals surface area contributed by atoms with Crippen LogP contribution in [-0.2, 0) is 4.79 Å². The minimum Gasteiger partial charge on any atom is -0.382 e. The van der Waals surface area contributed by atoms with Gasteiger partial charge in [0.2, 0.25) is 0 Å². The number of nitrogens with two attached hydrogens (primary N) is 1. The summed E-state index contributed by atoms with van der Waals surface area (Å²) >= 11 is 0. The molecular weight excluding hydrogens is 462 g/mol. The fourth-order valence-corrected chi connectivity index (χ4v) is 5.53. The molecule has 4 heterocycles. The van der Waals surface area contributed by atoms with Crippen LogP contribution in [-0.4, -0.2) is 48.5 Å². The molecule has 4 aromatic rings. The van der Waals surface area contributed by atoms with Gasteiger partial charge in [-0.05, 0) is 56.6 Å². The molecular formula is C29H33N7O. The average molecular weight is 496 g/mol.